The highest BCUT2D eigenvalue weighted by atomic mass is 16.4. The first-order valence-electron chi connectivity index (χ1n) is 7.38. The van der Waals surface area contributed by atoms with Crippen LogP contribution in [0, 0.1) is 12.8 Å². The molecule has 0 saturated carbocycles. The van der Waals surface area contributed by atoms with Crippen molar-refractivity contribution in [3.8, 4) is 0 Å². The number of amides is 1. The van der Waals surface area contributed by atoms with E-state index in [2.05, 4.69) is 5.32 Å². The maximum absolute atomic E-state index is 12.7. The van der Waals surface area contributed by atoms with Crippen molar-refractivity contribution in [2.75, 3.05) is 24.5 Å². The molecule has 0 aromatic heterocycles. The van der Waals surface area contributed by atoms with Gasteiger partial charge in [-0.05, 0) is 45.0 Å². The maximum atomic E-state index is 12.7. The third-order valence-corrected chi connectivity index (χ3v) is 3.85. The normalized spacial score (nSPS) is 15.7. The molecule has 0 bridgehead atoms. The third kappa shape index (κ3) is 4.29. The molecule has 2 N–H and O–H groups in total. The van der Waals surface area contributed by atoms with Crippen LogP contribution in [0.25, 0.3) is 0 Å². The Morgan fingerprint density at radius 2 is 1.86 bits per heavy atom. The summed E-state index contributed by atoms with van der Waals surface area (Å²) in [6.45, 7) is 3.90. The summed E-state index contributed by atoms with van der Waals surface area (Å²) in [5.74, 6) is -0.854. The van der Waals surface area contributed by atoms with Crippen molar-refractivity contribution < 1.29 is 14.7 Å². The van der Waals surface area contributed by atoms with E-state index in [0.29, 0.717) is 0 Å². The van der Waals surface area contributed by atoms with Crippen molar-refractivity contribution in [2.45, 2.75) is 26.2 Å². The van der Waals surface area contributed by atoms with Crippen LogP contribution in [0.2, 0.25) is 0 Å². The summed E-state index contributed by atoms with van der Waals surface area (Å²) < 4.78 is 0. The molecular weight excluding hydrogens is 268 g/mol. The second-order valence-electron chi connectivity index (χ2n) is 5.49. The van der Waals surface area contributed by atoms with Crippen molar-refractivity contribution in [2.24, 2.45) is 5.92 Å². The van der Waals surface area contributed by atoms with Gasteiger partial charge in [-0.1, -0.05) is 17.7 Å². The predicted molar refractivity (Wildman–Crippen MR) is 81.4 cm³/mol. The Bertz CT molecular complexity index is 493. The molecule has 1 heterocycles. The minimum Gasteiger partial charge on any atom is -0.481 e. The van der Waals surface area contributed by atoms with Crippen LogP contribution in [-0.2, 0) is 9.59 Å². The smallest absolute Gasteiger partial charge is 0.305 e. The van der Waals surface area contributed by atoms with Gasteiger partial charge in [-0.3, -0.25) is 9.59 Å². The number of carboxylic acids is 1. The Balaban J connectivity index is 2.15. The summed E-state index contributed by atoms with van der Waals surface area (Å²) in [6, 6.07) is 7.66. The number of hydrogen-bond donors (Lipinski definition) is 2. The van der Waals surface area contributed by atoms with Crippen molar-refractivity contribution >= 4 is 17.6 Å². The van der Waals surface area contributed by atoms with E-state index in [1.54, 1.807) is 4.90 Å². The number of rotatable bonds is 5. The van der Waals surface area contributed by atoms with Crippen molar-refractivity contribution in [3.05, 3.63) is 29.8 Å². The average molecular weight is 290 g/mol. The van der Waals surface area contributed by atoms with Gasteiger partial charge in [0.1, 0.15) is 0 Å². The highest BCUT2D eigenvalue weighted by molar-refractivity contribution is 5.95. The van der Waals surface area contributed by atoms with E-state index in [4.69, 9.17) is 5.11 Å². The van der Waals surface area contributed by atoms with E-state index in [9.17, 15) is 9.59 Å². The van der Waals surface area contributed by atoms with Crippen LogP contribution in [0.15, 0.2) is 24.3 Å². The summed E-state index contributed by atoms with van der Waals surface area (Å²) in [4.78, 5) is 25.2. The standard InChI is InChI=1S/C16H22N2O3/c1-12-2-4-14(5-3-12)18(11-8-15(19)20)16(21)13-6-9-17-10-7-13/h2-5,13,17H,6-11H2,1H3,(H,19,20). The molecule has 1 aliphatic heterocycles. The van der Waals surface area contributed by atoms with Crippen LogP contribution in [0.1, 0.15) is 24.8 Å². The van der Waals surface area contributed by atoms with Crippen LogP contribution >= 0.6 is 0 Å². The van der Waals surface area contributed by atoms with E-state index < -0.39 is 5.97 Å². The predicted octanol–water partition coefficient (Wildman–Crippen LogP) is 1.80. The second kappa shape index (κ2) is 7.22. The molecule has 0 unspecified atom stereocenters. The number of aryl methyl sites for hydroxylation is 1. The molecule has 1 aromatic carbocycles. The number of hydrogen-bond acceptors (Lipinski definition) is 3. The average Bonchev–Trinajstić information content (AvgIpc) is 2.49. The minimum absolute atomic E-state index is 0.0126. The second-order valence-corrected chi connectivity index (χ2v) is 5.49. The zero-order valence-electron chi connectivity index (χ0n) is 12.3. The Morgan fingerprint density at radius 1 is 1.24 bits per heavy atom. The van der Waals surface area contributed by atoms with E-state index in [0.717, 1.165) is 37.2 Å². The topological polar surface area (TPSA) is 69.6 Å². The molecule has 114 valence electrons. The lowest BCUT2D eigenvalue weighted by Gasteiger charge is -2.29. The first-order chi connectivity index (χ1) is 10.1. The van der Waals surface area contributed by atoms with Gasteiger partial charge in [-0.15, -0.1) is 0 Å². The van der Waals surface area contributed by atoms with Gasteiger partial charge in [0.15, 0.2) is 0 Å². The molecule has 21 heavy (non-hydrogen) atoms. The number of aliphatic carboxylic acids is 1. The molecule has 2 rings (SSSR count). The van der Waals surface area contributed by atoms with Crippen LogP contribution in [-0.4, -0.2) is 36.6 Å². The summed E-state index contributed by atoms with van der Waals surface area (Å²) in [7, 11) is 0. The van der Waals surface area contributed by atoms with Gasteiger partial charge in [-0.2, -0.15) is 0 Å². The van der Waals surface area contributed by atoms with Gasteiger partial charge in [0.05, 0.1) is 6.42 Å². The van der Waals surface area contributed by atoms with E-state index in [-0.39, 0.29) is 24.8 Å². The third-order valence-electron chi connectivity index (χ3n) is 3.85. The highest BCUT2D eigenvalue weighted by Crippen LogP contribution is 2.22. The number of nitrogens with zero attached hydrogens (tertiary/aromatic N) is 1. The fraction of sp³-hybridized carbons (Fsp3) is 0.500. The van der Waals surface area contributed by atoms with Gasteiger partial charge in [-0.25, -0.2) is 0 Å². The summed E-state index contributed by atoms with van der Waals surface area (Å²) in [5, 5.41) is 12.1. The Hall–Kier alpha value is -1.88. The molecule has 1 amide bonds. The number of carbonyl (C=O) groups excluding carboxylic acids is 1. The van der Waals surface area contributed by atoms with E-state index in [1.165, 1.54) is 0 Å². The SMILES string of the molecule is Cc1ccc(N(CCC(=O)O)C(=O)C2CCNCC2)cc1. The lowest BCUT2D eigenvalue weighted by molar-refractivity contribution is -0.136. The summed E-state index contributed by atoms with van der Waals surface area (Å²) in [5.41, 5.74) is 1.90. The maximum Gasteiger partial charge on any atom is 0.305 e. The molecule has 5 nitrogen and oxygen atoms in total. The molecule has 1 aliphatic rings. The van der Waals surface area contributed by atoms with Gasteiger partial charge in [0, 0.05) is 18.2 Å². The van der Waals surface area contributed by atoms with E-state index in [1.807, 2.05) is 31.2 Å². The van der Waals surface area contributed by atoms with Gasteiger partial charge < -0.3 is 15.3 Å². The lowest BCUT2D eigenvalue weighted by Crippen LogP contribution is -2.42. The van der Waals surface area contributed by atoms with Crippen molar-refractivity contribution in [1.29, 1.82) is 0 Å². The fourth-order valence-corrected chi connectivity index (χ4v) is 2.59. The van der Waals surface area contributed by atoms with Gasteiger partial charge in [0.25, 0.3) is 0 Å². The largest absolute Gasteiger partial charge is 0.481 e. The lowest BCUT2D eigenvalue weighted by atomic mass is 9.96. The monoisotopic (exact) mass is 290 g/mol. The fourth-order valence-electron chi connectivity index (χ4n) is 2.59. The number of benzene rings is 1. The number of carbonyl (C=O) groups is 2. The number of anilines is 1. The van der Waals surface area contributed by atoms with Crippen LogP contribution in [0.5, 0.6) is 0 Å². The van der Waals surface area contributed by atoms with Gasteiger partial charge in [0.2, 0.25) is 5.91 Å². The molecule has 0 spiro atoms. The first-order valence-corrected chi connectivity index (χ1v) is 7.38. The quantitative estimate of drug-likeness (QED) is 0.867. The zero-order chi connectivity index (χ0) is 15.2. The van der Waals surface area contributed by atoms with Crippen LogP contribution < -0.4 is 10.2 Å². The first kappa shape index (κ1) is 15.5. The van der Waals surface area contributed by atoms with Crippen LogP contribution in [0.4, 0.5) is 5.69 Å². The minimum atomic E-state index is -0.884. The van der Waals surface area contributed by atoms with E-state index >= 15 is 0 Å². The Kier molecular flexibility index (Phi) is 5.33. The molecule has 0 aliphatic carbocycles. The summed E-state index contributed by atoms with van der Waals surface area (Å²) in [6.07, 6.45) is 1.59. The Morgan fingerprint density at radius 3 is 2.43 bits per heavy atom. The Labute approximate surface area is 125 Å². The van der Waals surface area contributed by atoms with Crippen molar-refractivity contribution in [1.82, 2.24) is 5.32 Å². The molecule has 1 fully saturated rings. The van der Waals surface area contributed by atoms with Gasteiger partial charge >= 0.3 is 5.97 Å². The number of nitrogens with one attached hydrogen (secondary N) is 1. The van der Waals surface area contributed by atoms with Crippen LogP contribution in [0.3, 0.4) is 0 Å². The molecule has 0 radical (unpaired) electrons. The highest BCUT2D eigenvalue weighted by Gasteiger charge is 2.27. The summed E-state index contributed by atoms with van der Waals surface area (Å²) >= 11 is 0. The van der Waals surface area contributed by atoms with Crippen molar-refractivity contribution in [3.63, 3.8) is 0 Å². The molecule has 1 aromatic rings. The molecule has 5 heteroatoms. The molecular formula is C16H22N2O3. The molecule has 1 saturated heterocycles. The number of carboxylic acid groups (broad SMARTS) is 1. The number of piperidine rings is 1. The molecule has 0 atom stereocenters. The zero-order valence-corrected chi connectivity index (χ0v) is 12.3.